The topological polar surface area (TPSA) is 40.5 Å². The number of hydrogen-bond donors (Lipinski definition) is 2. The lowest BCUT2D eigenvalue weighted by atomic mass is 10.3. The van der Waals surface area contributed by atoms with Crippen LogP contribution in [0.15, 0.2) is 42.5 Å². The monoisotopic (exact) mass is 272 g/mol. The highest BCUT2D eigenvalue weighted by Gasteiger charge is 1.98. The van der Waals surface area contributed by atoms with E-state index in [9.17, 15) is 13.2 Å². The third-order valence-electron chi connectivity index (χ3n) is 1.76. The number of para-hydroxylation sites is 1. The predicted octanol–water partition coefficient (Wildman–Crippen LogP) is 4.23. The van der Waals surface area contributed by atoms with Crippen molar-refractivity contribution in [1.82, 2.24) is 0 Å². The molecule has 2 aromatic rings. The fraction of sp³-hybridized carbons (Fsp3) is 0.143. The van der Waals surface area contributed by atoms with Crippen LogP contribution < -0.4 is 0 Å². The quantitative estimate of drug-likeness (QED) is 0.753. The molecule has 2 rings (SSSR count). The van der Waals surface area contributed by atoms with Crippen molar-refractivity contribution in [2.75, 3.05) is 0 Å². The van der Waals surface area contributed by atoms with E-state index in [-0.39, 0.29) is 5.75 Å². The Hall–Kier alpha value is -2.17. The van der Waals surface area contributed by atoms with E-state index in [2.05, 4.69) is 0 Å². The van der Waals surface area contributed by atoms with Crippen molar-refractivity contribution in [1.29, 1.82) is 0 Å². The van der Waals surface area contributed by atoms with Gasteiger partial charge in [-0.2, -0.15) is 0 Å². The highest BCUT2D eigenvalue weighted by molar-refractivity contribution is 5.22. The van der Waals surface area contributed by atoms with Crippen molar-refractivity contribution in [3.63, 3.8) is 0 Å². The highest BCUT2D eigenvalue weighted by Crippen LogP contribution is 2.14. The zero-order chi connectivity index (χ0) is 14.8. The minimum Gasteiger partial charge on any atom is -0.505 e. The number of phenolic OH excluding ortho intramolecular Hbond substituents is 2. The number of halogens is 3. The molecule has 2 N–H and O–H groups in total. The van der Waals surface area contributed by atoms with Crippen LogP contribution in [0.25, 0.3) is 0 Å². The van der Waals surface area contributed by atoms with Gasteiger partial charge in [0.25, 0.3) is 0 Å². The molecular formula is C14H15F3O2. The Labute approximate surface area is 109 Å². The molecule has 2 aromatic carbocycles. The Balaban J connectivity index is 0.000000303. The number of phenols is 2. The zero-order valence-electron chi connectivity index (χ0n) is 10.6. The molecule has 5 heteroatoms. The minimum atomic E-state index is -0.935. The van der Waals surface area contributed by atoms with E-state index in [0.29, 0.717) is 6.07 Å². The predicted molar refractivity (Wildman–Crippen MR) is 67.4 cm³/mol. The van der Waals surface area contributed by atoms with Gasteiger partial charge in [0.1, 0.15) is 5.82 Å². The van der Waals surface area contributed by atoms with Crippen LogP contribution in [0.3, 0.4) is 0 Å². The summed E-state index contributed by atoms with van der Waals surface area (Å²) in [5.74, 6) is -3.03. The summed E-state index contributed by atoms with van der Waals surface area (Å²) in [4.78, 5) is 0. The third-order valence-corrected chi connectivity index (χ3v) is 1.76. The standard InChI is InChI=1S/C6H4F2O.C6H5FO.C2H6/c7-4-1-2-6(9)5(8)3-4;7-5-3-1-2-4-6(5)8;1-2/h1-3,9H;1-4,8H;1-2H3. The Morgan fingerprint density at radius 2 is 1.26 bits per heavy atom. The van der Waals surface area contributed by atoms with Gasteiger partial charge in [0.15, 0.2) is 23.1 Å². The average molecular weight is 272 g/mol. The van der Waals surface area contributed by atoms with Crippen LogP contribution in [0.1, 0.15) is 13.8 Å². The first-order valence-corrected chi connectivity index (χ1v) is 5.58. The summed E-state index contributed by atoms with van der Waals surface area (Å²) in [6.07, 6.45) is 0. The Morgan fingerprint density at radius 1 is 0.737 bits per heavy atom. The maximum atomic E-state index is 12.1. The van der Waals surface area contributed by atoms with E-state index >= 15 is 0 Å². The molecule has 0 fully saturated rings. The Morgan fingerprint density at radius 3 is 1.63 bits per heavy atom. The second kappa shape index (κ2) is 8.85. The normalized spacial score (nSPS) is 8.68. The van der Waals surface area contributed by atoms with Gasteiger partial charge in [-0.1, -0.05) is 26.0 Å². The number of hydrogen-bond acceptors (Lipinski definition) is 2. The lowest BCUT2D eigenvalue weighted by Gasteiger charge is -1.91. The summed E-state index contributed by atoms with van der Waals surface area (Å²) in [6, 6.07) is 8.16. The first-order valence-electron chi connectivity index (χ1n) is 5.58. The summed E-state index contributed by atoms with van der Waals surface area (Å²) >= 11 is 0. The molecule has 0 aliphatic rings. The minimum absolute atomic E-state index is 0.299. The molecular weight excluding hydrogens is 257 g/mol. The third kappa shape index (κ3) is 6.35. The van der Waals surface area contributed by atoms with Crippen LogP contribution in [-0.4, -0.2) is 10.2 Å². The molecule has 0 radical (unpaired) electrons. The molecule has 0 amide bonds. The maximum absolute atomic E-state index is 12.1. The maximum Gasteiger partial charge on any atom is 0.167 e. The van der Waals surface area contributed by atoms with Crippen molar-refractivity contribution in [3.05, 3.63) is 59.9 Å². The number of benzene rings is 2. The van der Waals surface area contributed by atoms with Crippen LogP contribution in [0.5, 0.6) is 11.5 Å². The van der Waals surface area contributed by atoms with Gasteiger partial charge < -0.3 is 10.2 Å². The Bertz CT molecular complexity index is 481. The van der Waals surface area contributed by atoms with Crippen molar-refractivity contribution in [2.24, 2.45) is 0 Å². The van der Waals surface area contributed by atoms with Crippen molar-refractivity contribution in [2.45, 2.75) is 13.8 Å². The van der Waals surface area contributed by atoms with Gasteiger partial charge in [0.2, 0.25) is 0 Å². The van der Waals surface area contributed by atoms with E-state index < -0.39 is 23.2 Å². The van der Waals surface area contributed by atoms with Gasteiger partial charge in [-0.05, 0) is 24.3 Å². The molecule has 0 unspecified atom stereocenters. The van der Waals surface area contributed by atoms with Gasteiger partial charge in [-0.3, -0.25) is 0 Å². The SMILES string of the molecule is CC.Oc1ccc(F)cc1F.Oc1ccccc1F. The molecule has 0 spiro atoms. The smallest absolute Gasteiger partial charge is 0.167 e. The van der Waals surface area contributed by atoms with Gasteiger partial charge in [0.05, 0.1) is 0 Å². The largest absolute Gasteiger partial charge is 0.505 e. The van der Waals surface area contributed by atoms with Crippen LogP contribution in [-0.2, 0) is 0 Å². The van der Waals surface area contributed by atoms with Crippen LogP contribution in [0, 0.1) is 17.5 Å². The summed E-state index contributed by atoms with van der Waals surface area (Å²) < 4.78 is 36.2. The zero-order valence-corrected chi connectivity index (χ0v) is 10.6. The Kier molecular flexibility index (Phi) is 7.84. The fourth-order valence-corrected chi connectivity index (χ4v) is 0.933. The molecule has 104 valence electrons. The van der Waals surface area contributed by atoms with E-state index in [1.54, 1.807) is 6.07 Å². The summed E-state index contributed by atoms with van der Waals surface area (Å²) in [5, 5.41) is 17.0. The molecule has 19 heavy (non-hydrogen) atoms. The molecule has 2 nitrogen and oxygen atoms in total. The van der Waals surface area contributed by atoms with E-state index in [1.165, 1.54) is 18.2 Å². The van der Waals surface area contributed by atoms with Crippen LogP contribution in [0.2, 0.25) is 0 Å². The van der Waals surface area contributed by atoms with Crippen LogP contribution >= 0.6 is 0 Å². The van der Waals surface area contributed by atoms with Gasteiger partial charge >= 0.3 is 0 Å². The van der Waals surface area contributed by atoms with Crippen molar-refractivity contribution in [3.8, 4) is 11.5 Å². The molecule has 0 bridgehead atoms. The summed E-state index contributed by atoms with van der Waals surface area (Å²) in [5.41, 5.74) is 0. The van der Waals surface area contributed by atoms with Gasteiger partial charge in [-0.15, -0.1) is 0 Å². The van der Waals surface area contributed by atoms with Gasteiger partial charge in [0, 0.05) is 6.07 Å². The number of aromatic hydroxyl groups is 2. The van der Waals surface area contributed by atoms with Crippen molar-refractivity contribution < 1.29 is 23.4 Å². The molecule has 0 atom stereocenters. The lowest BCUT2D eigenvalue weighted by molar-refractivity contribution is 0.428. The summed E-state index contributed by atoms with van der Waals surface area (Å²) in [7, 11) is 0. The summed E-state index contributed by atoms with van der Waals surface area (Å²) in [6.45, 7) is 4.00. The fourth-order valence-electron chi connectivity index (χ4n) is 0.933. The van der Waals surface area contributed by atoms with E-state index in [0.717, 1.165) is 12.1 Å². The van der Waals surface area contributed by atoms with Gasteiger partial charge in [-0.25, -0.2) is 13.2 Å². The van der Waals surface area contributed by atoms with E-state index in [1.807, 2.05) is 13.8 Å². The molecule has 0 aliphatic heterocycles. The number of rotatable bonds is 0. The van der Waals surface area contributed by atoms with Crippen molar-refractivity contribution >= 4 is 0 Å². The molecule has 0 saturated heterocycles. The molecule has 0 aliphatic carbocycles. The molecule has 0 saturated carbocycles. The lowest BCUT2D eigenvalue weighted by Crippen LogP contribution is -1.77. The second-order valence-electron chi connectivity index (χ2n) is 3.05. The highest BCUT2D eigenvalue weighted by atomic mass is 19.1. The first-order chi connectivity index (χ1) is 9.00. The molecule has 0 aromatic heterocycles. The average Bonchev–Trinajstić information content (AvgIpc) is 2.41. The second-order valence-corrected chi connectivity index (χ2v) is 3.05. The van der Waals surface area contributed by atoms with E-state index in [4.69, 9.17) is 10.2 Å². The molecule has 0 heterocycles. The van der Waals surface area contributed by atoms with Crippen LogP contribution in [0.4, 0.5) is 13.2 Å². The first kappa shape index (κ1) is 16.8.